The van der Waals surface area contributed by atoms with Crippen LogP contribution in [0.3, 0.4) is 0 Å². The molecule has 0 bridgehead atoms. The van der Waals surface area contributed by atoms with Gasteiger partial charge in [-0.1, -0.05) is 43.2 Å². The monoisotopic (exact) mass is 198 g/mol. The first-order chi connectivity index (χ1) is 7.40. The zero-order valence-corrected chi connectivity index (χ0v) is 9.42. The van der Waals surface area contributed by atoms with Gasteiger partial charge in [-0.15, -0.1) is 0 Å². The first-order valence-corrected chi connectivity index (χ1v) is 6.20. The molecule has 0 saturated heterocycles. The van der Waals surface area contributed by atoms with Crippen molar-refractivity contribution in [3.63, 3.8) is 0 Å². The number of rotatable bonds is 2. The maximum atomic E-state index is 2.34. The molecule has 0 saturated carbocycles. The summed E-state index contributed by atoms with van der Waals surface area (Å²) in [6.07, 6.45) is 6.70. The Bertz CT molecular complexity index is 412. The largest absolute Gasteiger partial charge is 0.0655 e. The summed E-state index contributed by atoms with van der Waals surface area (Å²) in [6.45, 7) is 2.30. The van der Waals surface area contributed by atoms with Gasteiger partial charge < -0.3 is 0 Å². The second-order valence-electron chi connectivity index (χ2n) is 4.86. The maximum absolute atomic E-state index is 2.34. The lowest BCUT2D eigenvalue weighted by Crippen LogP contribution is -2.16. The molecule has 1 atom stereocenters. The molecule has 2 aliphatic rings. The summed E-state index contributed by atoms with van der Waals surface area (Å²) < 4.78 is 0. The quantitative estimate of drug-likeness (QED) is 0.655. The van der Waals surface area contributed by atoms with Gasteiger partial charge >= 0.3 is 0 Å². The molecule has 0 heteroatoms. The van der Waals surface area contributed by atoms with Crippen LogP contribution in [0.25, 0.3) is 5.57 Å². The molecule has 0 spiro atoms. The first-order valence-electron chi connectivity index (χ1n) is 6.20. The Balaban J connectivity index is 2.06. The van der Waals surface area contributed by atoms with Crippen molar-refractivity contribution < 1.29 is 0 Å². The SMILES string of the molecule is CCCC1CC2=C(CC2)c2ccccc21. The molecule has 0 heterocycles. The van der Waals surface area contributed by atoms with E-state index in [0.29, 0.717) is 0 Å². The molecule has 1 unspecified atom stereocenters. The molecule has 0 aromatic heterocycles. The van der Waals surface area contributed by atoms with E-state index in [2.05, 4.69) is 31.2 Å². The smallest absolute Gasteiger partial charge is 0.0119 e. The van der Waals surface area contributed by atoms with E-state index in [-0.39, 0.29) is 0 Å². The number of hydrogen-bond donors (Lipinski definition) is 0. The molecule has 0 aliphatic heterocycles. The highest BCUT2D eigenvalue weighted by molar-refractivity contribution is 5.78. The molecule has 1 aromatic rings. The Labute approximate surface area is 92.0 Å². The van der Waals surface area contributed by atoms with Crippen molar-refractivity contribution in [2.75, 3.05) is 0 Å². The van der Waals surface area contributed by atoms with Gasteiger partial charge in [-0.3, -0.25) is 0 Å². The highest BCUT2D eigenvalue weighted by Gasteiger charge is 2.29. The van der Waals surface area contributed by atoms with Crippen LogP contribution in [0.1, 0.15) is 56.1 Å². The third-order valence-corrected chi connectivity index (χ3v) is 3.96. The van der Waals surface area contributed by atoms with Gasteiger partial charge in [0.2, 0.25) is 0 Å². The molecule has 0 nitrogen and oxygen atoms in total. The van der Waals surface area contributed by atoms with Crippen molar-refractivity contribution in [3.8, 4) is 0 Å². The summed E-state index contributed by atoms with van der Waals surface area (Å²) in [7, 11) is 0. The highest BCUT2D eigenvalue weighted by Crippen LogP contribution is 2.49. The van der Waals surface area contributed by atoms with E-state index in [0.717, 1.165) is 5.92 Å². The van der Waals surface area contributed by atoms with Gasteiger partial charge in [0.1, 0.15) is 0 Å². The van der Waals surface area contributed by atoms with E-state index < -0.39 is 0 Å². The van der Waals surface area contributed by atoms with E-state index in [1.807, 2.05) is 0 Å². The van der Waals surface area contributed by atoms with Crippen LogP contribution in [0.2, 0.25) is 0 Å². The molecule has 3 rings (SSSR count). The Morgan fingerprint density at radius 1 is 1.20 bits per heavy atom. The van der Waals surface area contributed by atoms with Crippen LogP contribution in [0.4, 0.5) is 0 Å². The summed E-state index contributed by atoms with van der Waals surface area (Å²) in [5.74, 6) is 0.810. The Morgan fingerprint density at radius 2 is 2.07 bits per heavy atom. The van der Waals surface area contributed by atoms with Crippen molar-refractivity contribution in [2.45, 2.75) is 44.9 Å². The maximum Gasteiger partial charge on any atom is -0.0119 e. The van der Waals surface area contributed by atoms with Crippen LogP contribution >= 0.6 is 0 Å². The molecule has 0 N–H and O–H groups in total. The third-order valence-electron chi connectivity index (χ3n) is 3.96. The third kappa shape index (κ3) is 1.35. The van der Waals surface area contributed by atoms with Crippen LogP contribution in [-0.2, 0) is 0 Å². The lowest BCUT2D eigenvalue weighted by molar-refractivity contribution is 0.573. The molecule has 1 aromatic carbocycles. The Hall–Kier alpha value is -1.04. The fourth-order valence-corrected chi connectivity index (χ4v) is 3.12. The molecule has 0 amide bonds. The van der Waals surface area contributed by atoms with E-state index in [9.17, 15) is 0 Å². The minimum absolute atomic E-state index is 0.810. The van der Waals surface area contributed by atoms with Gasteiger partial charge in [0.15, 0.2) is 0 Å². The van der Waals surface area contributed by atoms with Gasteiger partial charge in [-0.05, 0) is 48.3 Å². The number of hydrogen-bond acceptors (Lipinski definition) is 0. The molecular weight excluding hydrogens is 180 g/mol. The normalized spacial score (nSPS) is 23.1. The van der Waals surface area contributed by atoms with Crippen molar-refractivity contribution in [1.29, 1.82) is 0 Å². The molecule has 0 fully saturated rings. The fraction of sp³-hybridized carbons (Fsp3) is 0.467. The predicted octanol–water partition coefficient (Wildman–Crippen LogP) is 4.52. The summed E-state index contributed by atoms with van der Waals surface area (Å²) >= 11 is 0. The summed E-state index contributed by atoms with van der Waals surface area (Å²) in [6, 6.07) is 9.06. The molecular formula is C15H18. The van der Waals surface area contributed by atoms with Gasteiger partial charge in [0.25, 0.3) is 0 Å². The van der Waals surface area contributed by atoms with E-state index >= 15 is 0 Å². The average molecular weight is 198 g/mol. The van der Waals surface area contributed by atoms with Crippen LogP contribution < -0.4 is 0 Å². The van der Waals surface area contributed by atoms with Gasteiger partial charge in [-0.25, -0.2) is 0 Å². The lowest BCUT2D eigenvalue weighted by Gasteiger charge is -2.35. The van der Waals surface area contributed by atoms with E-state index in [1.54, 1.807) is 22.3 Å². The van der Waals surface area contributed by atoms with Crippen LogP contribution in [-0.4, -0.2) is 0 Å². The number of benzene rings is 1. The van der Waals surface area contributed by atoms with Crippen LogP contribution in [0, 0.1) is 0 Å². The van der Waals surface area contributed by atoms with Gasteiger partial charge in [-0.2, -0.15) is 0 Å². The summed E-state index contributed by atoms with van der Waals surface area (Å²) in [5, 5.41) is 0. The zero-order valence-electron chi connectivity index (χ0n) is 9.42. The van der Waals surface area contributed by atoms with Crippen molar-refractivity contribution in [3.05, 3.63) is 41.0 Å². The van der Waals surface area contributed by atoms with Crippen LogP contribution in [0.5, 0.6) is 0 Å². The van der Waals surface area contributed by atoms with Crippen molar-refractivity contribution >= 4 is 5.57 Å². The topological polar surface area (TPSA) is 0 Å². The second kappa shape index (κ2) is 3.52. The summed E-state index contributed by atoms with van der Waals surface area (Å²) in [4.78, 5) is 0. The van der Waals surface area contributed by atoms with Crippen molar-refractivity contribution in [2.24, 2.45) is 0 Å². The molecule has 0 radical (unpaired) electrons. The summed E-state index contributed by atoms with van der Waals surface area (Å²) in [5.41, 5.74) is 6.63. The minimum atomic E-state index is 0.810. The lowest BCUT2D eigenvalue weighted by atomic mass is 9.69. The van der Waals surface area contributed by atoms with E-state index in [4.69, 9.17) is 0 Å². The minimum Gasteiger partial charge on any atom is -0.0655 e. The Kier molecular flexibility index (Phi) is 2.16. The second-order valence-corrected chi connectivity index (χ2v) is 4.86. The number of fused-ring (bicyclic) bond motifs is 2. The molecule has 78 valence electrons. The predicted molar refractivity (Wildman–Crippen MR) is 64.9 cm³/mol. The van der Waals surface area contributed by atoms with Crippen molar-refractivity contribution in [1.82, 2.24) is 0 Å². The van der Waals surface area contributed by atoms with Crippen LogP contribution in [0.15, 0.2) is 29.8 Å². The van der Waals surface area contributed by atoms with Gasteiger partial charge in [0, 0.05) is 0 Å². The average Bonchev–Trinajstić information content (AvgIpc) is 2.22. The Morgan fingerprint density at radius 3 is 2.80 bits per heavy atom. The molecule has 2 aliphatic carbocycles. The van der Waals surface area contributed by atoms with Gasteiger partial charge in [0.05, 0.1) is 0 Å². The molecule has 15 heavy (non-hydrogen) atoms. The first kappa shape index (κ1) is 9.21. The number of allylic oxidation sites excluding steroid dienone is 2. The zero-order chi connectivity index (χ0) is 10.3. The fourth-order valence-electron chi connectivity index (χ4n) is 3.12. The highest BCUT2D eigenvalue weighted by atomic mass is 14.3. The van der Waals surface area contributed by atoms with E-state index in [1.165, 1.54) is 32.1 Å². The standard InChI is InChI=1S/C15H18/c1-2-5-11-10-12-8-9-14(12)15-7-4-3-6-13(11)15/h3-4,6-7,11H,2,5,8-10H2,1H3.